The van der Waals surface area contributed by atoms with Gasteiger partial charge in [-0.25, -0.2) is 0 Å². The van der Waals surface area contributed by atoms with Crippen LogP contribution in [0.15, 0.2) is 30.3 Å². The van der Waals surface area contributed by atoms with Crippen molar-refractivity contribution in [1.29, 1.82) is 0 Å². The highest BCUT2D eigenvalue weighted by atomic mass is 16.3. The second-order valence-corrected chi connectivity index (χ2v) is 8.14. The molecule has 0 atom stereocenters. The van der Waals surface area contributed by atoms with Crippen LogP contribution in [0.5, 0.6) is 5.75 Å². The van der Waals surface area contributed by atoms with E-state index in [-0.39, 0.29) is 0 Å². The number of phenols is 1. The van der Waals surface area contributed by atoms with Crippen LogP contribution in [-0.2, 0) is 12.8 Å². The summed E-state index contributed by atoms with van der Waals surface area (Å²) in [6.07, 6.45) is 18.6. The van der Waals surface area contributed by atoms with E-state index < -0.39 is 0 Å². The van der Waals surface area contributed by atoms with Gasteiger partial charge in [0.15, 0.2) is 0 Å². The third-order valence-electron chi connectivity index (χ3n) is 5.79. The Balaban J connectivity index is 1.99. The van der Waals surface area contributed by atoms with E-state index in [4.69, 9.17) is 0 Å². The van der Waals surface area contributed by atoms with Crippen LogP contribution in [0.4, 0.5) is 0 Å². The molecule has 0 unspecified atom stereocenters. The van der Waals surface area contributed by atoms with Crippen molar-refractivity contribution in [2.45, 2.75) is 104 Å². The minimum Gasteiger partial charge on any atom is -0.508 e. The number of hydrogen-bond acceptors (Lipinski definition) is 1. The molecule has 0 heterocycles. The summed E-state index contributed by atoms with van der Waals surface area (Å²) in [5.74, 6) is 0.372. The number of hydrogen-bond donors (Lipinski definition) is 1. The topological polar surface area (TPSA) is 20.2 Å². The Hall–Kier alpha value is -1.50. The molecule has 1 N–H and O–H groups in total. The van der Waals surface area contributed by atoms with Crippen molar-refractivity contribution in [2.24, 2.45) is 0 Å². The number of aromatic hydroxyl groups is 1. The van der Waals surface area contributed by atoms with Gasteiger partial charge in [0.25, 0.3) is 0 Å². The normalized spacial score (nSPS) is 11.3. The maximum absolute atomic E-state index is 9.83. The third kappa shape index (κ3) is 7.56. The average Bonchev–Trinajstić information content (AvgIpc) is 2.67. The lowest BCUT2D eigenvalue weighted by Crippen LogP contribution is -1.97. The maximum Gasteiger partial charge on any atom is 0.116 e. The molecule has 0 aliphatic heterocycles. The average molecular weight is 369 g/mol. The first-order valence-corrected chi connectivity index (χ1v) is 11.5. The molecule has 0 saturated heterocycles. The van der Waals surface area contributed by atoms with E-state index in [0.717, 1.165) is 0 Å². The minimum absolute atomic E-state index is 0.372. The fraction of sp³-hybridized carbons (Fsp3) is 0.615. The molecule has 2 aromatic carbocycles. The summed E-state index contributed by atoms with van der Waals surface area (Å²) < 4.78 is 0. The Morgan fingerprint density at radius 1 is 0.630 bits per heavy atom. The van der Waals surface area contributed by atoms with Crippen molar-refractivity contribution in [2.75, 3.05) is 0 Å². The molecule has 1 nitrogen and oxygen atoms in total. The molecule has 0 aromatic heterocycles. The predicted octanol–water partition coefficient (Wildman–Crippen LogP) is 8.35. The van der Waals surface area contributed by atoms with Crippen molar-refractivity contribution in [1.82, 2.24) is 0 Å². The summed E-state index contributed by atoms with van der Waals surface area (Å²) in [5.41, 5.74) is 3.08. The van der Waals surface area contributed by atoms with Gasteiger partial charge in [-0.15, -0.1) is 0 Å². The zero-order valence-electron chi connectivity index (χ0n) is 17.7. The van der Waals surface area contributed by atoms with Gasteiger partial charge < -0.3 is 5.11 Å². The Bertz CT molecular complexity index is 659. The van der Waals surface area contributed by atoms with Crippen molar-refractivity contribution in [3.05, 3.63) is 41.5 Å². The van der Waals surface area contributed by atoms with E-state index in [1.165, 1.54) is 112 Å². The molecule has 0 saturated carbocycles. The molecule has 1 heteroatoms. The van der Waals surface area contributed by atoms with Crippen LogP contribution in [0.3, 0.4) is 0 Å². The lowest BCUT2D eigenvalue weighted by Gasteiger charge is -2.14. The molecule has 2 rings (SSSR count). The number of fused-ring (bicyclic) bond motifs is 1. The third-order valence-corrected chi connectivity index (χ3v) is 5.79. The van der Waals surface area contributed by atoms with E-state index in [9.17, 15) is 5.11 Å². The van der Waals surface area contributed by atoms with Crippen LogP contribution in [-0.4, -0.2) is 5.11 Å². The zero-order valence-corrected chi connectivity index (χ0v) is 17.7. The van der Waals surface area contributed by atoms with Gasteiger partial charge in [-0.2, -0.15) is 0 Å². The van der Waals surface area contributed by atoms with Crippen LogP contribution in [0.25, 0.3) is 10.8 Å². The highest BCUT2D eigenvalue weighted by Gasteiger charge is 2.09. The van der Waals surface area contributed by atoms with E-state index >= 15 is 0 Å². The molecular weight excluding hydrogens is 328 g/mol. The van der Waals surface area contributed by atoms with E-state index in [0.29, 0.717) is 5.75 Å². The molecule has 0 aliphatic rings. The highest BCUT2D eigenvalue weighted by molar-refractivity contribution is 5.88. The number of aryl methyl sites for hydroxylation is 2. The summed E-state index contributed by atoms with van der Waals surface area (Å²) >= 11 is 0. The van der Waals surface area contributed by atoms with Gasteiger partial charge in [-0.1, -0.05) is 96.3 Å². The summed E-state index contributed by atoms with van der Waals surface area (Å²) in [7, 11) is 0. The van der Waals surface area contributed by atoms with Crippen molar-refractivity contribution in [3.63, 3.8) is 0 Å². The fourth-order valence-corrected chi connectivity index (χ4v) is 4.13. The van der Waals surface area contributed by atoms with Gasteiger partial charge in [0, 0.05) is 0 Å². The molecule has 150 valence electrons. The summed E-state index contributed by atoms with van der Waals surface area (Å²) in [4.78, 5) is 0. The lowest BCUT2D eigenvalue weighted by atomic mass is 9.91. The second kappa shape index (κ2) is 12.8. The lowest BCUT2D eigenvalue weighted by molar-refractivity contribution is 0.476. The highest BCUT2D eigenvalue weighted by Crippen LogP contribution is 2.28. The van der Waals surface area contributed by atoms with Crippen LogP contribution < -0.4 is 0 Å². The fourth-order valence-electron chi connectivity index (χ4n) is 4.13. The first-order valence-electron chi connectivity index (χ1n) is 11.5. The van der Waals surface area contributed by atoms with Gasteiger partial charge in [0.05, 0.1) is 0 Å². The van der Waals surface area contributed by atoms with Crippen molar-refractivity contribution >= 4 is 10.8 Å². The predicted molar refractivity (Wildman–Crippen MR) is 120 cm³/mol. The molecular formula is C26H40O. The number of rotatable bonds is 14. The monoisotopic (exact) mass is 368 g/mol. The van der Waals surface area contributed by atoms with Crippen molar-refractivity contribution < 1.29 is 5.11 Å². The van der Waals surface area contributed by atoms with Crippen molar-refractivity contribution in [3.8, 4) is 5.75 Å². The van der Waals surface area contributed by atoms with Gasteiger partial charge in [-0.3, -0.25) is 0 Å². The zero-order chi connectivity index (χ0) is 19.3. The van der Waals surface area contributed by atoms with Crippen LogP contribution in [0.1, 0.15) is 102 Å². The Morgan fingerprint density at radius 2 is 1.22 bits per heavy atom. The summed E-state index contributed by atoms with van der Waals surface area (Å²) in [5, 5.41) is 12.4. The molecule has 0 radical (unpaired) electrons. The van der Waals surface area contributed by atoms with Crippen LogP contribution in [0.2, 0.25) is 0 Å². The van der Waals surface area contributed by atoms with Gasteiger partial charge in [0.2, 0.25) is 0 Å². The molecule has 0 aliphatic carbocycles. The number of phenolic OH excluding ortho intramolecular Hbond substituents is 1. The molecule has 0 amide bonds. The molecule has 2 aromatic rings. The smallest absolute Gasteiger partial charge is 0.116 e. The van der Waals surface area contributed by atoms with E-state index in [1.807, 2.05) is 12.1 Å². The standard InChI is InChI=1S/C26H40O/c1-3-5-7-9-11-13-15-22-17-18-23-21-24(27)19-20-26(23)25(22)16-14-12-10-8-6-4-2/h17-21,27H,3-16H2,1-2H3. The molecule has 27 heavy (non-hydrogen) atoms. The Morgan fingerprint density at radius 3 is 1.89 bits per heavy atom. The van der Waals surface area contributed by atoms with Gasteiger partial charge >= 0.3 is 0 Å². The Labute approximate surface area is 167 Å². The van der Waals surface area contributed by atoms with E-state index in [2.05, 4.69) is 32.0 Å². The quantitative estimate of drug-likeness (QED) is 0.332. The van der Waals surface area contributed by atoms with Crippen LogP contribution in [0, 0.1) is 0 Å². The van der Waals surface area contributed by atoms with Gasteiger partial charge in [0.1, 0.15) is 5.75 Å². The summed E-state index contributed by atoms with van der Waals surface area (Å²) in [6, 6.07) is 10.4. The molecule has 0 bridgehead atoms. The van der Waals surface area contributed by atoms with E-state index in [1.54, 1.807) is 0 Å². The SMILES string of the molecule is CCCCCCCCc1ccc2cc(O)ccc2c1CCCCCCCC. The van der Waals surface area contributed by atoms with Gasteiger partial charge in [-0.05, 0) is 59.7 Å². The molecule has 0 fully saturated rings. The first kappa shape index (κ1) is 21.8. The number of benzene rings is 2. The second-order valence-electron chi connectivity index (χ2n) is 8.14. The minimum atomic E-state index is 0.372. The Kier molecular flexibility index (Phi) is 10.3. The molecule has 0 spiro atoms. The first-order chi connectivity index (χ1) is 13.3. The maximum atomic E-state index is 9.83. The summed E-state index contributed by atoms with van der Waals surface area (Å²) in [6.45, 7) is 4.56. The number of unbranched alkanes of at least 4 members (excludes halogenated alkanes) is 10. The van der Waals surface area contributed by atoms with Crippen LogP contribution >= 0.6 is 0 Å². The largest absolute Gasteiger partial charge is 0.508 e.